The molecule has 3 aromatic carbocycles. The molecule has 8 nitrogen and oxygen atoms in total. The van der Waals surface area contributed by atoms with Gasteiger partial charge in [0.25, 0.3) is 5.56 Å². The summed E-state index contributed by atoms with van der Waals surface area (Å²) in [7, 11) is 3.07. The minimum atomic E-state index is -0.796. The van der Waals surface area contributed by atoms with Gasteiger partial charge in [-0.3, -0.25) is 9.36 Å². The molecule has 2 heterocycles. The predicted molar refractivity (Wildman–Crippen MR) is 162 cm³/mol. The number of carbonyl (C=O) groups excluding carboxylic acids is 1. The van der Waals surface area contributed by atoms with Crippen molar-refractivity contribution in [3.63, 3.8) is 0 Å². The largest absolute Gasteiger partial charge is 0.493 e. The minimum absolute atomic E-state index is 0.180. The van der Waals surface area contributed by atoms with Crippen LogP contribution in [0.2, 0.25) is 5.02 Å². The highest BCUT2D eigenvalue weighted by Crippen LogP contribution is 2.36. The summed E-state index contributed by atoms with van der Waals surface area (Å²) in [5, 5.41) is 0.504. The Morgan fingerprint density at radius 3 is 2.48 bits per heavy atom. The van der Waals surface area contributed by atoms with Crippen molar-refractivity contribution < 1.29 is 23.7 Å². The molecule has 10 heteroatoms. The van der Waals surface area contributed by atoms with Crippen LogP contribution in [-0.4, -0.2) is 31.4 Å². The van der Waals surface area contributed by atoms with E-state index in [1.54, 1.807) is 63.4 Å². The first-order valence-corrected chi connectivity index (χ1v) is 14.4. The van der Waals surface area contributed by atoms with Crippen molar-refractivity contribution in [2.75, 3.05) is 20.8 Å². The van der Waals surface area contributed by atoms with Gasteiger partial charge in [-0.1, -0.05) is 59.3 Å². The number of hydrogen-bond donors (Lipinski definition) is 0. The predicted octanol–water partition coefficient (Wildman–Crippen LogP) is 5.05. The summed E-state index contributed by atoms with van der Waals surface area (Å²) in [6.45, 7) is 4.01. The summed E-state index contributed by atoms with van der Waals surface area (Å²) < 4.78 is 24.4. The van der Waals surface area contributed by atoms with Gasteiger partial charge in [-0.05, 0) is 61.4 Å². The van der Waals surface area contributed by atoms with Gasteiger partial charge in [-0.15, -0.1) is 0 Å². The molecule has 0 spiro atoms. The number of esters is 1. The zero-order chi connectivity index (χ0) is 29.8. The zero-order valence-electron chi connectivity index (χ0n) is 23.5. The summed E-state index contributed by atoms with van der Waals surface area (Å²) in [4.78, 5) is 32.4. The molecule has 1 atom stereocenters. The fraction of sp³-hybridized carbons (Fsp3) is 0.219. The first kappa shape index (κ1) is 29.2. The lowest BCUT2D eigenvalue weighted by Gasteiger charge is -2.25. The van der Waals surface area contributed by atoms with Gasteiger partial charge in [0.15, 0.2) is 16.3 Å². The standard InChI is InChI=1S/C32H29ClN2O6S/c1-5-40-31(37)28-19(2)34-32-35(29(28)21-11-13-25(38-3)26(16-21)39-4)30(36)27(42-32)17-22-15-23(33)12-14-24(22)41-18-20-9-7-6-8-10-20/h6-17,29H,5,18H2,1-4H3/t29-/m1/s1. The van der Waals surface area contributed by atoms with E-state index in [4.69, 9.17) is 30.5 Å². The lowest BCUT2D eigenvalue weighted by Crippen LogP contribution is -2.40. The summed E-state index contributed by atoms with van der Waals surface area (Å²) in [6.07, 6.45) is 1.74. The van der Waals surface area contributed by atoms with Crippen LogP contribution in [0.3, 0.4) is 0 Å². The minimum Gasteiger partial charge on any atom is -0.493 e. The molecule has 0 bridgehead atoms. The molecule has 0 saturated heterocycles. The van der Waals surface area contributed by atoms with Gasteiger partial charge in [0.1, 0.15) is 12.4 Å². The van der Waals surface area contributed by atoms with E-state index in [1.165, 1.54) is 23.0 Å². The van der Waals surface area contributed by atoms with Gasteiger partial charge >= 0.3 is 5.97 Å². The van der Waals surface area contributed by atoms with Gasteiger partial charge in [0.05, 0.1) is 42.7 Å². The molecule has 1 aromatic heterocycles. The van der Waals surface area contributed by atoms with Crippen LogP contribution in [0, 0.1) is 0 Å². The maximum absolute atomic E-state index is 14.1. The van der Waals surface area contributed by atoms with Crippen molar-refractivity contribution in [2.24, 2.45) is 4.99 Å². The number of halogens is 1. The van der Waals surface area contributed by atoms with E-state index >= 15 is 0 Å². The fourth-order valence-corrected chi connectivity index (χ4v) is 5.99. The first-order valence-electron chi connectivity index (χ1n) is 13.2. The number of nitrogens with zero attached hydrogens (tertiary/aromatic N) is 2. The van der Waals surface area contributed by atoms with E-state index in [1.807, 2.05) is 30.3 Å². The summed E-state index contributed by atoms with van der Waals surface area (Å²) in [5.41, 5.74) is 2.73. The van der Waals surface area contributed by atoms with Crippen molar-refractivity contribution in [1.82, 2.24) is 4.57 Å². The number of carbonyl (C=O) groups is 1. The SMILES string of the molecule is CCOC(=O)C1=C(C)N=c2sc(=Cc3cc(Cl)ccc3OCc3ccccc3)c(=O)n2[C@@H]1c1ccc(OC)c(OC)c1. The number of thiazole rings is 1. The Balaban J connectivity index is 1.65. The van der Waals surface area contributed by atoms with Crippen LogP contribution in [0.1, 0.15) is 36.6 Å². The van der Waals surface area contributed by atoms with Crippen molar-refractivity contribution in [1.29, 1.82) is 0 Å². The van der Waals surface area contributed by atoms with Crippen LogP contribution in [0.15, 0.2) is 87.8 Å². The molecule has 0 unspecified atom stereocenters. The number of ether oxygens (including phenoxy) is 4. The Labute approximate surface area is 251 Å². The Morgan fingerprint density at radius 2 is 1.76 bits per heavy atom. The lowest BCUT2D eigenvalue weighted by atomic mass is 9.95. The normalized spacial score (nSPS) is 14.7. The maximum Gasteiger partial charge on any atom is 0.338 e. The van der Waals surface area contributed by atoms with Crippen molar-refractivity contribution in [3.05, 3.63) is 119 Å². The number of methoxy groups -OCH3 is 2. The smallest absolute Gasteiger partial charge is 0.338 e. The second-order valence-corrected chi connectivity index (χ2v) is 10.8. The molecule has 0 fully saturated rings. The highest BCUT2D eigenvalue weighted by Gasteiger charge is 2.34. The molecule has 0 amide bonds. The Hall–Kier alpha value is -4.34. The number of benzene rings is 3. The Bertz CT molecular complexity index is 1840. The van der Waals surface area contributed by atoms with Crippen LogP contribution in [0.25, 0.3) is 6.08 Å². The van der Waals surface area contributed by atoms with Gasteiger partial charge in [-0.25, -0.2) is 9.79 Å². The van der Waals surface area contributed by atoms with E-state index in [2.05, 4.69) is 4.99 Å². The van der Waals surface area contributed by atoms with Gasteiger partial charge in [0.2, 0.25) is 0 Å². The number of allylic oxidation sites excluding steroid dienone is 1. The van der Waals surface area contributed by atoms with Crippen LogP contribution in [-0.2, 0) is 16.1 Å². The highest BCUT2D eigenvalue weighted by atomic mass is 35.5. The van der Waals surface area contributed by atoms with Crippen molar-refractivity contribution in [2.45, 2.75) is 26.5 Å². The number of fused-ring (bicyclic) bond motifs is 1. The molecule has 1 aliphatic heterocycles. The number of aromatic nitrogens is 1. The molecule has 216 valence electrons. The molecule has 1 aliphatic rings. The fourth-order valence-electron chi connectivity index (χ4n) is 4.77. The Kier molecular flexibility index (Phi) is 8.80. The van der Waals surface area contributed by atoms with E-state index in [0.29, 0.717) is 55.0 Å². The topological polar surface area (TPSA) is 88.4 Å². The van der Waals surface area contributed by atoms with Gasteiger partial charge in [-0.2, -0.15) is 0 Å². The van der Waals surface area contributed by atoms with Crippen LogP contribution in [0.5, 0.6) is 17.2 Å². The van der Waals surface area contributed by atoms with Crippen molar-refractivity contribution >= 4 is 35.0 Å². The maximum atomic E-state index is 14.1. The number of rotatable bonds is 9. The summed E-state index contributed by atoms with van der Waals surface area (Å²) >= 11 is 7.57. The summed E-state index contributed by atoms with van der Waals surface area (Å²) in [6, 6.07) is 19.6. The van der Waals surface area contributed by atoms with Crippen LogP contribution in [0.4, 0.5) is 0 Å². The van der Waals surface area contributed by atoms with Gasteiger partial charge < -0.3 is 18.9 Å². The molecular formula is C32H29ClN2O6S. The highest BCUT2D eigenvalue weighted by molar-refractivity contribution is 7.07. The average molecular weight is 605 g/mol. The molecule has 0 N–H and O–H groups in total. The second kappa shape index (κ2) is 12.7. The quantitative estimate of drug-likeness (QED) is 0.249. The molecule has 0 saturated carbocycles. The van der Waals surface area contributed by atoms with E-state index in [-0.39, 0.29) is 17.7 Å². The zero-order valence-corrected chi connectivity index (χ0v) is 25.1. The van der Waals surface area contributed by atoms with Crippen LogP contribution < -0.4 is 29.1 Å². The van der Waals surface area contributed by atoms with Crippen LogP contribution >= 0.6 is 22.9 Å². The molecular weight excluding hydrogens is 576 g/mol. The third kappa shape index (κ3) is 5.84. The molecule has 4 aromatic rings. The van der Waals surface area contributed by atoms with Crippen molar-refractivity contribution in [3.8, 4) is 17.2 Å². The Morgan fingerprint density at radius 1 is 1.02 bits per heavy atom. The van der Waals surface area contributed by atoms with E-state index < -0.39 is 12.0 Å². The third-order valence-electron chi connectivity index (χ3n) is 6.74. The first-order chi connectivity index (χ1) is 20.3. The second-order valence-electron chi connectivity index (χ2n) is 9.37. The third-order valence-corrected chi connectivity index (χ3v) is 7.95. The molecule has 5 rings (SSSR count). The molecule has 0 radical (unpaired) electrons. The molecule has 0 aliphatic carbocycles. The monoisotopic (exact) mass is 604 g/mol. The molecule has 42 heavy (non-hydrogen) atoms. The van der Waals surface area contributed by atoms with E-state index in [0.717, 1.165) is 5.56 Å². The number of hydrogen-bond acceptors (Lipinski definition) is 8. The van der Waals surface area contributed by atoms with E-state index in [9.17, 15) is 9.59 Å². The summed E-state index contributed by atoms with van der Waals surface area (Å²) in [5.74, 6) is 1.03. The lowest BCUT2D eigenvalue weighted by molar-refractivity contribution is -0.139. The van der Waals surface area contributed by atoms with Gasteiger partial charge in [0, 0.05) is 10.6 Å². The average Bonchev–Trinajstić information content (AvgIpc) is 3.30.